The number of fused-ring (bicyclic) bond motifs is 2. The number of ether oxygens (including phenoxy) is 5. The number of halogens is 1. The molecule has 9 nitrogen and oxygen atoms in total. The zero-order chi connectivity index (χ0) is 25.9. The zero-order valence-corrected chi connectivity index (χ0v) is 22.6. The maximum Gasteiger partial charge on any atom is 0.280 e. The monoisotopic (exact) mass is 583 g/mol. The molecule has 0 saturated carbocycles. The van der Waals surface area contributed by atoms with Crippen LogP contribution in [0.2, 0.25) is 0 Å². The summed E-state index contributed by atoms with van der Waals surface area (Å²) < 4.78 is 29.4. The predicted molar refractivity (Wildman–Crippen MR) is 145 cm³/mol. The summed E-state index contributed by atoms with van der Waals surface area (Å²) in [7, 11) is 4.61. The number of hydrazone groups is 1. The molecule has 0 radical (unpaired) electrons. The van der Waals surface area contributed by atoms with Crippen molar-refractivity contribution in [1.82, 2.24) is 4.98 Å². The van der Waals surface area contributed by atoms with Crippen molar-refractivity contribution in [3.05, 3.63) is 64.1 Å². The van der Waals surface area contributed by atoms with Crippen molar-refractivity contribution < 1.29 is 28.5 Å². The topological polar surface area (TPSA) is 91.7 Å². The quantitative estimate of drug-likeness (QED) is 0.208. The minimum Gasteiger partial charge on any atom is -0.493 e. The van der Waals surface area contributed by atoms with Gasteiger partial charge in [-0.1, -0.05) is 27.3 Å². The Kier molecular flexibility index (Phi) is 7.15. The van der Waals surface area contributed by atoms with E-state index in [9.17, 15) is 4.79 Å². The predicted octanol–water partition coefficient (Wildman–Crippen LogP) is 5.54. The summed E-state index contributed by atoms with van der Waals surface area (Å²) >= 11 is 4.84. The van der Waals surface area contributed by atoms with Gasteiger partial charge in [0.05, 0.1) is 37.8 Å². The van der Waals surface area contributed by atoms with E-state index in [2.05, 4.69) is 26.0 Å². The molecule has 1 aliphatic heterocycles. The van der Waals surface area contributed by atoms with Gasteiger partial charge in [-0.05, 0) is 48.5 Å². The van der Waals surface area contributed by atoms with Gasteiger partial charge in [-0.3, -0.25) is 4.79 Å². The molecule has 0 N–H and O–H groups in total. The van der Waals surface area contributed by atoms with Crippen LogP contribution < -0.4 is 28.7 Å². The van der Waals surface area contributed by atoms with Gasteiger partial charge in [0.1, 0.15) is 13.2 Å². The Morgan fingerprint density at radius 3 is 2.43 bits per heavy atom. The number of aromatic nitrogens is 1. The Morgan fingerprint density at radius 1 is 1.00 bits per heavy atom. The van der Waals surface area contributed by atoms with Gasteiger partial charge in [0.2, 0.25) is 10.9 Å². The van der Waals surface area contributed by atoms with Crippen LogP contribution in [0.4, 0.5) is 5.13 Å². The van der Waals surface area contributed by atoms with Gasteiger partial charge in [-0.15, -0.1) is 0 Å². The molecule has 0 saturated heterocycles. The SMILES string of the molecule is COc1cc(/C=N/N(C(=O)c2ccc3c(c2)OCCO3)c2nc3ccc(Br)cc3s2)cc(OC)c1OC. The first-order valence-corrected chi connectivity index (χ1v) is 12.8. The first-order chi connectivity index (χ1) is 18.0. The van der Waals surface area contributed by atoms with Crippen molar-refractivity contribution in [2.45, 2.75) is 0 Å². The highest BCUT2D eigenvalue weighted by atomic mass is 79.9. The van der Waals surface area contributed by atoms with Crippen LogP contribution in [-0.2, 0) is 0 Å². The van der Waals surface area contributed by atoms with Crippen LogP contribution in [0.1, 0.15) is 15.9 Å². The molecule has 0 unspecified atom stereocenters. The molecule has 0 atom stereocenters. The number of nitrogens with zero attached hydrogens (tertiary/aromatic N) is 3. The molecule has 0 bridgehead atoms. The van der Waals surface area contributed by atoms with Gasteiger partial charge in [0.15, 0.2) is 23.0 Å². The average molecular weight is 584 g/mol. The van der Waals surface area contributed by atoms with E-state index in [0.29, 0.717) is 58.2 Å². The van der Waals surface area contributed by atoms with Crippen LogP contribution in [-0.4, -0.2) is 51.6 Å². The number of benzene rings is 3. The third kappa shape index (κ3) is 5.05. The van der Waals surface area contributed by atoms with Crippen molar-refractivity contribution >= 4 is 54.7 Å². The molecule has 37 heavy (non-hydrogen) atoms. The fraction of sp³-hybridized carbons (Fsp3) is 0.192. The summed E-state index contributed by atoms with van der Waals surface area (Å²) in [5.74, 6) is 2.14. The van der Waals surface area contributed by atoms with Crippen molar-refractivity contribution in [2.24, 2.45) is 5.10 Å². The highest BCUT2D eigenvalue weighted by Crippen LogP contribution is 2.38. The van der Waals surface area contributed by atoms with Crippen LogP contribution in [0.3, 0.4) is 0 Å². The number of rotatable bonds is 7. The number of anilines is 1. The summed E-state index contributed by atoms with van der Waals surface area (Å²) in [6.45, 7) is 0.882. The molecule has 11 heteroatoms. The fourth-order valence-electron chi connectivity index (χ4n) is 3.76. The third-order valence-corrected chi connectivity index (χ3v) is 7.00. The van der Waals surface area contributed by atoms with Crippen LogP contribution in [0, 0.1) is 0 Å². The number of amides is 1. The Bertz CT molecular complexity index is 1480. The number of carbonyl (C=O) groups is 1. The highest BCUT2D eigenvalue weighted by Gasteiger charge is 2.24. The molecule has 1 aliphatic rings. The summed E-state index contributed by atoms with van der Waals surface area (Å²) in [5.41, 5.74) is 1.77. The number of thiazole rings is 1. The lowest BCUT2D eigenvalue weighted by atomic mass is 10.2. The molecule has 1 amide bonds. The van der Waals surface area contributed by atoms with Gasteiger partial charge in [0, 0.05) is 15.6 Å². The van der Waals surface area contributed by atoms with Crippen LogP contribution in [0.25, 0.3) is 10.2 Å². The molecule has 4 aromatic rings. The molecule has 190 valence electrons. The number of hydrogen-bond donors (Lipinski definition) is 0. The summed E-state index contributed by atoms with van der Waals surface area (Å²) in [5, 5.41) is 6.23. The standard InChI is InChI=1S/C26H22BrN3O6S/c1-32-21-10-15(11-22(33-2)24(21)34-3)14-28-30(26-29-18-6-5-17(27)13-23(18)37-26)25(31)16-4-7-19-20(12-16)36-9-8-35-19/h4-7,10-14H,8-9H2,1-3H3/b28-14+. The second kappa shape index (κ2) is 10.7. The molecular weight excluding hydrogens is 562 g/mol. The van der Waals surface area contributed by atoms with Crippen LogP contribution >= 0.6 is 27.3 Å². The van der Waals surface area contributed by atoms with E-state index in [1.165, 1.54) is 37.7 Å². The first-order valence-electron chi connectivity index (χ1n) is 11.1. The van der Waals surface area contributed by atoms with E-state index in [1.807, 2.05) is 18.2 Å². The minimum atomic E-state index is -0.376. The molecular formula is C26H22BrN3O6S. The third-order valence-electron chi connectivity index (χ3n) is 5.51. The van der Waals surface area contributed by atoms with Crippen LogP contribution in [0.15, 0.2) is 58.1 Å². The van der Waals surface area contributed by atoms with E-state index in [1.54, 1.807) is 36.5 Å². The number of methoxy groups -OCH3 is 3. The molecule has 2 heterocycles. The molecule has 3 aromatic carbocycles. The van der Waals surface area contributed by atoms with Gasteiger partial charge >= 0.3 is 0 Å². The maximum absolute atomic E-state index is 13.7. The lowest BCUT2D eigenvalue weighted by Crippen LogP contribution is -2.26. The normalized spacial score (nSPS) is 12.5. The smallest absolute Gasteiger partial charge is 0.280 e. The Balaban J connectivity index is 1.57. The van der Waals surface area contributed by atoms with Crippen LogP contribution in [0.5, 0.6) is 28.7 Å². The number of hydrogen-bond acceptors (Lipinski definition) is 9. The minimum absolute atomic E-state index is 0.376. The molecule has 0 spiro atoms. The van der Waals surface area contributed by atoms with Gasteiger partial charge in [-0.2, -0.15) is 10.1 Å². The lowest BCUT2D eigenvalue weighted by molar-refractivity contribution is 0.0986. The van der Waals surface area contributed by atoms with Crippen molar-refractivity contribution in [2.75, 3.05) is 39.6 Å². The van der Waals surface area contributed by atoms with Crippen molar-refractivity contribution in [3.8, 4) is 28.7 Å². The van der Waals surface area contributed by atoms with Crippen molar-refractivity contribution in [1.29, 1.82) is 0 Å². The highest BCUT2D eigenvalue weighted by molar-refractivity contribution is 9.10. The Hall–Kier alpha value is -3.83. The molecule has 0 fully saturated rings. The summed E-state index contributed by atoms with van der Waals surface area (Å²) in [6, 6.07) is 14.3. The van der Waals surface area contributed by atoms with E-state index in [-0.39, 0.29) is 5.91 Å². The maximum atomic E-state index is 13.7. The average Bonchev–Trinajstić information content (AvgIpc) is 3.34. The van der Waals surface area contributed by atoms with Gasteiger partial charge in [-0.25, -0.2) is 4.98 Å². The van der Waals surface area contributed by atoms with Gasteiger partial charge < -0.3 is 23.7 Å². The lowest BCUT2D eigenvalue weighted by Gasteiger charge is -2.20. The van der Waals surface area contributed by atoms with Gasteiger partial charge in [0.25, 0.3) is 5.91 Å². The second-order valence-electron chi connectivity index (χ2n) is 7.79. The number of carbonyl (C=O) groups excluding carboxylic acids is 1. The fourth-order valence-corrected chi connectivity index (χ4v) is 5.24. The summed E-state index contributed by atoms with van der Waals surface area (Å²) in [4.78, 5) is 18.4. The molecule has 1 aromatic heterocycles. The molecule has 0 aliphatic carbocycles. The van der Waals surface area contributed by atoms with E-state index >= 15 is 0 Å². The second-order valence-corrected chi connectivity index (χ2v) is 9.71. The summed E-state index contributed by atoms with van der Waals surface area (Å²) in [6.07, 6.45) is 1.54. The Morgan fingerprint density at radius 2 is 1.73 bits per heavy atom. The Labute approximate surface area is 225 Å². The van der Waals surface area contributed by atoms with E-state index < -0.39 is 0 Å². The first kappa shape index (κ1) is 24.8. The van der Waals surface area contributed by atoms with E-state index in [0.717, 1.165) is 14.7 Å². The van der Waals surface area contributed by atoms with E-state index in [4.69, 9.17) is 23.7 Å². The largest absolute Gasteiger partial charge is 0.493 e. The zero-order valence-electron chi connectivity index (χ0n) is 20.2. The van der Waals surface area contributed by atoms with Crippen molar-refractivity contribution in [3.63, 3.8) is 0 Å². The molecule has 5 rings (SSSR count).